The standard InChI is InChI=1S/C24H31N7O/c1-17-23(32-19-11-7-4-8-12-19)14-13-20(28-17)24(25)22(30(2)26)16-31-27-15-21(29-31)18-9-5-3-6-10-18/h3,5-6,9-10,13-15,19H,4,7-8,11-12,16,25-26H2,1-2H3/b24-22-. The molecule has 0 spiro atoms. The van der Waals surface area contributed by atoms with Crippen molar-refractivity contribution in [2.75, 3.05) is 7.05 Å². The van der Waals surface area contributed by atoms with E-state index in [1.807, 2.05) is 49.4 Å². The number of nitrogens with two attached hydrogens (primary N) is 2. The maximum absolute atomic E-state index is 6.49. The zero-order valence-corrected chi connectivity index (χ0v) is 18.7. The number of likely N-dealkylation sites (N-methyl/N-ethyl adjacent to an activating group) is 1. The molecule has 168 valence electrons. The Morgan fingerprint density at radius 2 is 1.88 bits per heavy atom. The van der Waals surface area contributed by atoms with Crippen LogP contribution in [0, 0.1) is 6.92 Å². The Morgan fingerprint density at radius 3 is 2.56 bits per heavy atom. The molecule has 0 saturated heterocycles. The Bertz CT molecular complexity index is 1070. The van der Waals surface area contributed by atoms with E-state index in [2.05, 4.69) is 10.2 Å². The van der Waals surface area contributed by atoms with Crippen molar-refractivity contribution in [1.82, 2.24) is 25.0 Å². The highest BCUT2D eigenvalue weighted by Gasteiger charge is 2.18. The first-order chi connectivity index (χ1) is 15.5. The number of pyridine rings is 1. The largest absolute Gasteiger partial charge is 0.489 e. The maximum Gasteiger partial charge on any atom is 0.140 e. The molecule has 1 aliphatic rings. The molecule has 1 fully saturated rings. The Morgan fingerprint density at radius 1 is 1.12 bits per heavy atom. The summed E-state index contributed by atoms with van der Waals surface area (Å²) in [5.74, 6) is 6.92. The summed E-state index contributed by atoms with van der Waals surface area (Å²) in [5.41, 5.74) is 10.9. The van der Waals surface area contributed by atoms with Gasteiger partial charge in [-0.25, -0.2) is 10.8 Å². The van der Waals surface area contributed by atoms with Gasteiger partial charge in [-0.15, -0.1) is 0 Å². The molecule has 8 nitrogen and oxygen atoms in total. The first-order valence-electron chi connectivity index (χ1n) is 11.1. The predicted octanol–water partition coefficient (Wildman–Crippen LogP) is 3.49. The smallest absolute Gasteiger partial charge is 0.140 e. The Hall–Kier alpha value is -3.39. The summed E-state index contributed by atoms with van der Waals surface area (Å²) in [4.78, 5) is 6.28. The Labute approximate surface area is 188 Å². The van der Waals surface area contributed by atoms with E-state index in [0.29, 0.717) is 23.6 Å². The fourth-order valence-corrected chi connectivity index (χ4v) is 3.97. The lowest BCUT2D eigenvalue weighted by Crippen LogP contribution is -2.31. The van der Waals surface area contributed by atoms with Crippen LogP contribution in [0.2, 0.25) is 0 Å². The second-order valence-corrected chi connectivity index (χ2v) is 8.26. The van der Waals surface area contributed by atoms with E-state index >= 15 is 0 Å². The molecule has 1 aromatic carbocycles. The zero-order chi connectivity index (χ0) is 22.5. The molecule has 8 heteroatoms. The molecule has 2 aromatic heterocycles. The zero-order valence-electron chi connectivity index (χ0n) is 18.7. The molecule has 0 unspecified atom stereocenters. The van der Waals surface area contributed by atoms with Crippen LogP contribution in [0.25, 0.3) is 17.0 Å². The average molecular weight is 434 g/mol. The monoisotopic (exact) mass is 433 g/mol. The number of aryl methyl sites for hydroxylation is 1. The van der Waals surface area contributed by atoms with Crippen LogP contribution >= 0.6 is 0 Å². The maximum atomic E-state index is 6.49. The summed E-state index contributed by atoms with van der Waals surface area (Å²) in [7, 11) is 1.75. The number of nitrogens with zero attached hydrogens (tertiary/aromatic N) is 5. The molecule has 0 bridgehead atoms. The number of aromatic nitrogens is 4. The highest BCUT2D eigenvalue weighted by atomic mass is 16.5. The second-order valence-electron chi connectivity index (χ2n) is 8.26. The number of benzene rings is 1. The van der Waals surface area contributed by atoms with Gasteiger partial charge in [0.25, 0.3) is 0 Å². The minimum atomic E-state index is 0.276. The SMILES string of the molecule is Cc1nc(/C(N)=C(\Cn2ncc(-c3ccccc3)n2)N(C)N)ccc1OC1CCCCC1. The fourth-order valence-electron chi connectivity index (χ4n) is 3.97. The molecule has 1 saturated carbocycles. The summed E-state index contributed by atoms with van der Waals surface area (Å²) < 4.78 is 6.19. The quantitative estimate of drug-likeness (QED) is 0.434. The topological polar surface area (TPSA) is 108 Å². The van der Waals surface area contributed by atoms with E-state index in [1.165, 1.54) is 24.3 Å². The molecule has 3 aromatic rings. The number of rotatable bonds is 7. The second kappa shape index (κ2) is 9.82. The molecular formula is C24H31N7O. The molecule has 4 rings (SSSR count). The van der Waals surface area contributed by atoms with Crippen LogP contribution in [0.5, 0.6) is 5.75 Å². The molecule has 1 aliphatic carbocycles. The van der Waals surface area contributed by atoms with Crippen LogP contribution < -0.4 is 16.3 Å². The van der Waals surface area contributed by atoms with Crippen molar-refractivity contribution in [3.8, 4) is 17.0 Å². The number of hydrogen-bond donors (Lipinski definition) is 2. The van der Waals surface area contributed by atoms with Gasteiger partial charge in [0.15, 0.2) is 0 Å². The van der Waals surface area contributed by atoms with Crippen molar-refractivity contribution in [2.45, 2.75) is 51.7 Å². The molecule has 0 aliphatic heterocycles. The van der Waals surface area contributed by atoms with Crippen molar-refractivity contribution >= 4 is 5.70 Å². The summed E-state index contributed by atoms with van der Waals surface area (Å²) in [6, 6.07) is 13.8. The molecule has 32 heavy (non-hydrogen) atoms. The number of hydrogen-bond acceptors (Lipinski definition) is 7. The molecule has 0 atom stereocenters. The van der Waals surface area contributed by atoms with Crippen LogP contribution in [0.15, 0.2) is 54.4 Å². The first-order valence-corrected chi connectivity index (χ1v) is 11.1. The molecule has 0 radical (unpaired) electrons. The minimum absolute atomic E-state index is 0.276. The van der Waals surface area contributed by atoms with Gasteiger partial charge in [-0.05, 0) is 44.7 Å². The van der Waals surface area contributed by atoms with Gasteiger partial charge in [-0.2, -0.15) is 15.0 Å². The predicted molar refractivity (Wildman–Crippen MR) is 125 cm³/mol. The number of ether oxygens (including phenoxy) is 1. The van der Waals surface area contributed by atoms with Crippen molar-refractivity contribution in [3.05, 3.63) is 65.7 Å². The van der Waals surface area contributed by atoms with Gasteiger partial charge < -0.3 is 15.5 Å². The number of hydrazine groups is 1. The van der Waals surface area contributed by atoms with Crippen LogP contribution in [0.3, 0.4) is 0 Å². The Kier molecular flexibility index (Phi) is 6.70. The van der Waals surface area contributed by atoms with Crippen LogP contribution in [-0.2, 0) is 6.54 Å². The minimum Gasteiger partial charge on any atom is -0.489 e. The van der Waals surface area contributed by atoms with Crippen LogP contribution in [0.1, 0.15) is 43.5 Å². The summed E-state index contributed by atoms with van der Waals surface area (Å²) in [5, 5.41) is 10.4. The average Bonchev–Trinajstić information content (AvgIpc) is 3.28. The van der Waals surface area contributed by atoms with E-state index in [4.69, 9.17) is 21.3 Å². The van der Waals surface area contributed by atoms with Crippen molar-refractivity contribution in [1.29, 1.82) is 0 Å². The first kappa shape index (κ1) is 21.8. The van der Waals surface area contributed by atoms with Gasteiger partial charge >= 0.3 is 0 Å². The highest BCUT2D eigenvalue weighted by Crippen LogP contribution is 2.26. The van der Waals surface area contributed by atoms with Crippen molar-refractivity contribution in [3.63, 3.8) is 0 Å². The third-order valence-electron chi connectivity index (χ3n) is 5.79. The van der Waals surface area contributed by atoms with Gasteiger partial charge in [0, 0.05) is 12.6 Å². The normalized spacial score (nSPS) is 15.3. The fraction of sp³-hybridized carbons (Fsp3) is 0.375. The lowest BCUT2D eigenvalue weighted by molar-refractivity contribution is 0.153. The molecule has 4 N–H and O–H groups in total. The van der Waals surface area contributed by atoms with Gasteiger partial charge in [-0.1, -0.05) is 36.8 Å². The van der Waals surface area contributed by atoms with Gasteiger partial charge in [0.1, 0.15) is 18.0 Å². The van der Waals surface area contributed by atoms with E-state index in [9.17, 15) is 0 Å². The van der Waals surface area contributed by atoms with Crippen molar-refractivity contribution < 1.29 is 4.74 Å². The number of allylic oxidation sites excluding steroid dienone is 1. The van der Waals surface area contributed by atoms with Crippen LogP contribution in [-0.4, -0.2) is 38.1 Å². The third-order valence-corrected chi connectivity index (χ3v) is 5.79. The van der Waals surface area contributed by atoms with E-state index in [1.54, 1.807) is 18.0 Å². The van der Waals surface area contributed by atoms with E-state index < -0.39 is 0 Å². The van der Waals surface area contributed by atoms with Gasteiger partial charge in [0.05, 0.1) is 35.1 Å². The molecular weight excluding hydrogens is 402 g/mol. The van der Waals surface area contributed by atoms with Gasteiger partial charge in [-0.3, -0.25) is 0 Å². The molecule has 0 amide bonds. The lowest BCUT2D eigenvalue weighted by Gasteiger charge is -2.24. The van der Waals surface area contributed by atoms with Crippen molar-refractivity contribution in [2.24, 2.45) is 11.6 Å². The lowest BCUT2D eigenvalue weighted by atomic mass is 9.98. The Balaban J connectivity index is 1.54. The highest BCUT2D eigenvalue weighted by molar-refractivity contribution is 5.63. The van der Waals surface area contributed by atoms with Gasteiger partial charge in [0.2, 0.25) is 0 Å². The van der Waals surface area contributed by atoms with Crippen LogP contribution in [0.4, 0.5) is 0 Å². The summed E-state index contributed by atoms with van der Waals surface area (Å²) in [6.45, 7) is 2.27. The van der Waals surface area contributed by atoms with E-state index in [-0.39, 0.29) is 6.10 Å². The van der Waals surface area contributed by atoms with E-state index in [0.717, 1.165) is 35.5 Å². The summed E-state index contributed by atoms with van der Waals surface area (Å²) >= 11 is 0. The summed E-state index contributed by atoms with van der Waals surface area (Å²) in [6.07, 6.45) is 7.97. The third kappa shape index (κ3) is 5.08. The molecule has 2 heterocycles.